The largest absolute Gasteiger partial charge is 0.496 e. The first-order valence-electron chi connectivity index (χ1n) is 12.9. The molecule has 0 aromatic heterocycles. The van der Waals surface area contributed by atoms with E-state index in [1.807, 2.05) is 0 Å². The molecule has 3 fully saturated rings. The van der Waals surface area contributed by atoms with E-state index in [0.29, 0.717) is 24.3 Å². The molecule has 2 N–H and O–H groups in total. The minimum absolute atomic E-state index is 0.359. The number of nitrogens with zero attached hydrogens (tertiary/aromatic N) is 1. The molecule has 3 heterocycles. The van der Waals surface area contributed by atoms with Crippen molar-refractivity contribution in [1.29, 1.82) is 0 Å². The van der Waals surface area contributed by atoms with E-state index in [1.165, 1.54) is 48.2 Å². The molecule has 37 heavy (non-hydrogen) atoms. The summed E-state index contributed by atoms with van der Waals surface area (Å²) in [7, 11) is -1.90. The van der Waals surface area contributed by atoms with Gasteiger partial charge < -0.3 is 10.1 Å². The normalized spacial score (nSPS) is 22.8. The van der Waals surface area contributed by atoms with Crippen LogP contribution in [0.25, 0.3) is 0 Å². The van der Waals surface area contributed by atoms with Crippen LogP contribution in [0.5, 0.6) is 5.75 Å². The Morgan fingerprint density at radius 2 is 1.51 bits per heavy atom. The summed E-state index contributed by atoms with van der Waals surface area (Å²) in [6, 6.07) is 29.6. The van der Waals surface area contributed by atoms with Crippen molar-refractivity contribution >= 4 is 10.1 Å². The van der Waals surface area contributed by atoms with Crippen LogP contribution < -0.4 is 10.1 Å². The first kappa shape index (κ1) is 27.3. The molecule has 3 saturated heterocycles. The van der Waals surface area contributed by atoms with Gasteiger partial charge in [-0.05, 0) is 56.0 Å². The highest BCUT2D eigenvalue weighted by atomic mass is 32.2. The van der Waals surface area contributed by atoms with Gasteiger partial charge in [-0.2, -0.15) is 8.42 Å². The molecule has 0 unspecified atom stereocenters. The molecule has 198 valence electrons. The molecule has 6 nitrogen and oxygen atoms in total. The second kappa shape index (κ2) is 12.2. The molecule has 0 spiro atoms. The Morgan fingerprint density at radius 3 is 2.03 bits per heavy atom. The van der Waals surface area contributed by atoms with Gasteiger partial charge in [0.25, 0.3) is 10.1 Å². The third-order valence-electron chi connectivity index (χ3n) is 7.49. The number of ether oxygens (including phenoxy) is 1. The average Bonchev–Trinajstić information content (AvgIpc) is 2.89. The molecule has 0 radical (unpaired) electrons. The molecule has 0 aliphatic carbocycles. The third kappa shape index (κ3) is 7.20. The van der Waals surface area contributed by atoms with Crippen LogP contribution in [0.2, 0.25) is 0 Å². The van der Waals surface area contributed by atoms with E-state index in [2.05, 4.69) is 96.0 Å². The van der Waals surface area contributed by atoms with Gasteiger partial charge in [-0.15, -0.1) is 0 Å². The SMILES string of the molecule is COc1ccc(C)cc1CN[C@H]1C2CCN(CC2)[C@H]1C(c1ccccc1)c1ccccc1.CS(=O)(=O)O. The maximum Gasteiger partial charge on any atom is 0.261 e. The second-order valence-electron chi connectivity index (χ2n) is 10.1. The van der Waals surface area contributed by atoms with E-state index in [0.717, 1.165) is 18.2 Å². The van der Waals surface area contributed by atoms with Crippen molar-refractivity contribution in [3.05, 3.63) is 101 Å². The van der Waals surface area contributed by atoms with Gasteiger partial charge in [0.05, 0.1) is 13.4 Å². The number of nitrogens with one attached hydrogen (secondary N) is 1. The smallest absolute Gasteiger partial charge is 0.261 e. The lowest BCUT2D eigenvalue weighted by atomic mass is 9.70. The fraction of sp³-hybridized carbons (Fsp3) is 0.400. The summed E-state index contributed by atoms with van der Waals surface area (Å²) in [6.45, 7) is 5.41. The zero-order chi connectivity index (χ0) is 26.4. The van der Waals surface area contributed by atoms with Crippen molar-refractivity contribution in [2.45, 2.75) is 44.3 Å². The van der Waals surface area contributed by atoms with E-state index >= 15 is 0 Å². The van der Waals surface area contributed by atoms with Crippen molar-refractivity contribution in [2.24, 2.45) is 5.92 Å². The van der Waals surface area contributed by atoms with Crippen molar-refractivity contribution in [3.63, 3.8) is 0 Å². The summed E-state index contributed by atoms with van der Waals surface area (Å²) < 4.78 is 31.5. The lowest BCUT2D eigenvalue weighted by Crippen LogP contribution is -2.64. The molecular weight excluding hydrogens is 484 g/mol. The van der Waals surface area contributed by atoms with Gasteiger partial charge in [-0.3, -0.25) is 9.45 Å². The number of benzene rings is 3. The highest BCUT2D eigenvalue weighted by Gasteiger charge is 2.46. The minimum atomic E-state index is -3.67. The van der Waals surface area contributed by atoms with Crippen LogP contribution in [0.4, 0.5) is 0 Å². The third-order valence-corrected chi connectivity index (χ3v) is 7.49. The molecule has 0 saturated carbocycles. The molecule has 0 amide bonds. The Hall–Kier alpha value is -2.71. The Labute approximate surface area is 221 Å². The van der Waals surface area contributed by atoms with E-state index < -0.39 is 10.1 Å². The van der Waals surface area contributed by atoms with E-state index in [4.69, 9.17) is 9.29 Å². The number of fused-ring (bicyclic) bond motifs is 3. The Kier molecular flexibility index (Phi) is 9.03. The Bertz CT molecular complexity index is 1200. The predicted octanol–water partition coefficient (Wildman–Crippen LogP) is 4.89. The first-order chi connectivity index (χ1) is 17.7. The lowest BCUT2D eigenvalue weighted by Gasteiger charge is -2.54. The number of rotatable bonds is 7. The quantitative estimate of drug-likeness (QED) is 0.430. The summed E-state index contributed by atoms with van der Waals surface area (Å²) in [5, 5.41) is 4.02. The number of hydrogen-bond acceptors (Lipinski definition) is 5. The van der Waals surface area contributed by atoms with Crippen LogP contribution in [0.15, 0.2) is 78.9 Å². The summed E-state index contributed by atoms with van der Waals surface area (Å²) in [5.74, 6) is 2.05. The van der Waals surface area contributed by atoms with Crippen molar-refractivity contribution in [2.75, 3.05) is 26.5 Å². The van der Waals surface area contributed by atoms with Crippen molar-refractivity contribution < 1.29 is 17.7 Å². The van der Waals surface area contributed by atoms with Crippen LogP contribution in [0.3, 0.4) is 0 Å². The standard InChI is InChI=1S/C29H34N2O.CH4O3S/c1-21-13-14-26(32-2)25(19-21)20-30-28-24-15-17-31(18-16-24)29(28)27(22-9-5-3-6-10-22)23-11-7-4-8-12-23;1-5(2,3)4/h3-14,19,24,27-30H,15-18,20H2,1-2H3;1H3,(H,2,3,4)/t28-,29-;/m0./s1. The number of hydrogen-bond donors (Lipinski definition) is 2. The van der Waals surface area contributed by atoms with E-state index in [9.17, 15) is 8.42 Å². The minimum Gasteiger partial charge on any atom is -0.496 e. The predicted molar refractivity (Wildman–Crippen MR) is 149 cm³/mol. The first-order valence-corrected chi connectivity index (χ1v) is 14.7. The summed E-state index contributed by atoms with van der Waals surface area (Å²) in [6.07, 6.45) is 3.29. The highest BCUT2D eigenvalue weighted by Crippen LogP contribution is 2.42. The molecule has 6 rings (SSSR count). The van der Waals surface area contributed by atoms with Crippen LogP contribution >= 0.6 is 0 Å². The molecule has 7 heteroatoms. The average molecular weight is 523 g/mol. The Morgan fingerprint density at radius 1 is 0.973 bits per heavy atom. The van der Waals surface area contributed by atoms with Gasteiger partial charge in [-0.25, -0.2) is 0 Å². The van der Waals surface area contributed by atoms with Crippen LogP contribution in [-0.4, -0.2) is 56.4 Å². The van der Waals surface area contributed by atoms with E-state index in [-0.39, 0.29) is 0 Å². The molecular formula is C30H38N2O4S. The Balaban J connectivity index is 0.000000586. The van der Waals surface area contributed by atoms with Gasteiger partial charge in [0.2, 0.25) is 0 Å². The molecule has 2 bridgehead atoms. The van der Waals surface area contributed by atoms with Crippen LogP contribution in [0.1, 0.15) is 41.0 Å². The lowest BCUT2D eigenvalue weighted by molar-refractivity contribution is 0.00462. The molecule has 2 atom stereocenters. The zero-order valence-corrected chi connectivity index (χ0v) is 22.7. The van der Waals surface area contributed by atoms with Gasteiger partial charge >= 0.3 is 0 Å². The molecule has 3 aromatic carbocycles. The zero-order valence-electron chi connectivity index (χ0n) is 21.9. The molecule has 3 aliphatic rings. The maximum absolute atomic E-state index is 9.19. The fourth-order valence-corrected chi connectivity index (χ4v) is 5.97. The fourth-order valence-electron chi connectivity index (χ4n) is 5.97. The number of piperidine rings is 3. The van der Waals surface area contributed by atoms with Gasteiger partial charge in [0.1, 0.15) is 5.75 Å². The summed E-state index contributed by atoms with van der Waals surface area (Å²) >= 11 is 0. The number of methoxy groups -OCH3 is 1. The molecule has 3 aromatic rings. The van der Waals surface area contributed by atoms with Gasteiger partial charge in [-0.1, -0.05) is 78.4 Å². The van der Waals surface area contributed by atoms with E-state index in [1.54, 1.807) is 7.11 Å². The topological polar surface area (TPSA) is 78.9 Å². The summed E-state index contributed by atoms with van der Waals surface area (Å²) in [5.41, 5.74) is 5.35. The molecule has 3 aliphatic heterocycles. The van der Waals surface area contributed by atoms with Gasteiger partial charge in [0, 0.05) is 30.1 Å². The van der Waals surface area contributed by atoms with Crippen LogP contribution in [-0.2, 0) is 16.7 Å². The number of aryl methyl sites for hydroxylation is 1. The summed E-state index contributed by atoms with van der Waals surface area (Å²) in [4.78, 5) is 2.75. The van der Waals surface area contributed by atoms with Gasteiger partial charge in [0.15, 0.2) is 0 Å². The van der Waals surface area contributed by atoms with Crippen molar-refractivity contribution in [1.82, 2.24) is 10.2 Å². The second-order valence-corrected chi connectivity index (χ2v) is 11.6. The van der Waals surface area contributed by atoms with Crippen molar-refractivity contribution in [3.8, 4) is 5.75 Å². The monoisotopic (exact) mass is 522 g/mol. The van der Waals surface area contributed by atoms with Crippen LogP contribution in [0, 0.1) is 12.8 Å². The highest BCUT2D eigenvalue weighted by molar-refractivity contribution is 7.85. The maximum atomic E-state index is 9.19.